The number of aryl methyl sites for hydroxylation is 1. The van der Waals surface area contributed by atoms with Crippen LogP contribution < -0.4 is 11.1 Å². The molecule has 10 nitrogen and oxygen atoms in total. The van der Waals surface area contributed by atoms with Crippen molar-refractivity contribution in [2.45, 2.75) is 38.1 Å². The first-order valence-electron chi connectivity index (χ1n) is 9.96. The van der Waals surface area contributed by atoms with Gasteiger partial charge in [0.25, 0.3) is 5.69 Å². The smallest absolute Gasteiger partial charge is 0.419 e. The lowest BCUT2D eigenvalue weighted by Crippen LogP contribution is -2.17. The number of benzene rings is 2. The second-order valence-corrected chi connectivity index (χ2v) is 7.59. The molecule has 0 spiro atoms. The Hall–Kier alpha value is -3.95. The summed E-state index contributed by atoms with van der Waals surface area (Å²) < 4.78 is 12.2. The van der Waals surface area contributed by atoms with Crippen LogP contribution in [0.25, 0.3) is 22.2 Å². The number of nitrogens with zero attached hydrogens (tertiary/aromatic N) is 3. The predicted molar refractivity (Wildman–Crippen MR) is 111 cm³/mol. The van der Waals surface area contributed by atoms with E-state index in [1.165, 1.54) is 22.8 Å². The number of anilines is 1. The largest absolute Gasteiger partial charge is 0.440 e. The maximum absolute atomic E-state index is 12.3. The van der Waals surface area contributed by atoms with Gasteiger partial charge in [0.15, 0.2) is 17.1 Å². The number of carbonyl (C=O) groups excluding carboxylic acids is 1. The van der Waals surface area contributed by atoms with E-state index in [1.54, 1.807) is 18.2 Å². The molecule has 1 aliphatic rings. The number of hydrogen-bond donors (Lipinski definition) is 1. The zero-order chi connectivity index (χ0) is 21.5. The van der Waals surface area contributed by atoms with E-state index in [2.05, 4.69) is 10.3 Å². The topological polar surface area (TPSA) is 133 Å². The Morgan fingerprint density at radius 1 is 1.19 bits per heavy atom. The van der Waals surface area contributed by atoms with Crippen molar-refractivity contribution in [1.29, 1.82) is 0 Å². The van der Waals surface area contributed by atoms with E-state index in [1.807, 2.05) is 0 Å². The third-order valence-corrected chi connectivity index (χ3v) is 5.26. The Morgan fingerprint density at radius 3 is 2.81 bits per heavy atom. The van der Waals surface area contributed by atoms with E-state index in [9.17, 15) is 19.7 Å². The van der Waals surface area contributed by atoms with Gasteiger partial charge in [-0.25, -0.2) is 9.78 Å². The Kier molecular flexibility index (Phi) is 4.54. The summed E-state index contributed by atoms with van der Waals surface area (Å²) in [5.41, 5.74) is 2.50. The van der Waals surface area contributed by atoms with Crippen LogP contribution in [0.5, 0.6) is 0 Å². The minimum Gasteiger partial charge on any atom is -0.440 e. The molecule has 2 aromatic carbocycles. The molecule has 10 heteroatoms. The molecule has 0 atom stereocenters. The van der Waals surface area contributed by atoms with Crippen molar-refractivity contribution in [1.82, 2.24) is 9.55 Å². The lowest BCUT2D eigenvalue weighted by atomic mass is 10.2. The standard InChI is InChI=1S/C21H18N4O6/c26-19(22-13-5-8-17-15(10-13)23-20(30-17)12-3-4-12)2-1-9-24-16-7-6-14(25(28)29)11-18(16)31-21(24)27/h5-8,10-12H,1-4,9H2,(H,22,26). The minimum atomic E-state index is -0.612. The first-order chi connectivity index (χ1) is 15.0. The molecule has 1 amide bonds. The van der Waals surface area contributed by atoms with Crippen molar-refractivity contribution in [2.24, 2.45) is 0 Å². The highest BCUT2D eigenvalue weighted by molar-refractivity contribution is 5.92. The maximum Gasteiger partial charge on any atom is 0.419 e. The highest BCUT2D eigenvalue weighted by atomic mass is 16.6. The summed E-state index contributed by atoms with van der Waals surface area (Å²) in [6, 6.07) is 9.35. The molecule has 1 aliphatic carbocycles. The van der Waals surface area contributed by atoms with Crippen LogP contribution in [0.1, 0.15) is 37.5 Å². The molecule has 31 heavy (non-hydrogen) atoms. The molecular weight excluding hydrogens is 404 g/mol. The number of fused-ring (bicyclic) bond motifs is 2. The van der Waals surface area contributed by atoms with Gasteiger partial charge in [0.05, 0.1) is 16.5 Å². The van der Waals surface area contributed by atoms with E-state index in [4.69, 9.17) is 8.83 Å². The first-order valence-corrected chi connectivity index (χ1v) is 9.96. The molecular formula is C21H18N4O6. The number of non-ortho nitro benzene ring substituents is 1. The molecule has 2 heterocycles. The maximum atomic E-state index is 12.3. The van der Waals surface area contributed by atoms with Crippen LogP contribution in [0.15, 0.2) is 50.0 Å². The number of hydrogen-bond acceptors (Lipinski definition) is 7. The third-order valence-electron chi connectivity index (χ3n) is 5.26. The SMILES string of the molecule is O=C(CCCn1c(=O)oc2cc([N+](=O)[O-])ccc21)Nc1ccc2oc(C3CC3)nc2c1. The molecule has 1 saturated carbocycles. The van der Waals surface area contributed by atoms with Gasteiger partial charge in [0.1, 0.15) is 5.52 Å². The molecule has 1 N–H and O–H groups in total. The second-order valence-electron chi connectivity index (χ2n) is 7.59. The van der Waals surface area contributed by atoms with Crippen molar-refractivity contribution < 1.29 is 18.6 Å². The normalized spacial score (nSPS) is 13.7. The Balaban J connectivity index is 1.22. The van der Waals surface area contributed by atoms with Crippen LogP contribution in [0.3, 0.4) is 0 Å². The number of nitro benzene ring substituents is 1. The second kappa shape index (κ2) is 7.38. The highest BCUT2D eigenvalue weighted by Gasteiger charge is 2.28. The summed E-state index contributed by atoms with van der Waals surface area (Å²) >= 11 is 0. The molecule has 0 bridgehead atoms. The van der Waals surface area contributed by atoms with Gasteiger partial charge < -0.3 is 14.2 Å². The summed E-state index contributed by atoms with van der Waals surface area (Å²) in [7, 11) is 0. The fraction of sp³-hybridized carbons (Fsp3) is 0.286. The van der Waals surface area contributed by atoms with Gasteiger partial charge in [0.2, 0.25) is 5.91 Å². The average Bonchev–Trinajstić information content (AvgIpc) is 3.43. The zero-order valence-corrected chi connectivity index (χ0v) is 16.4. The molecule has 2 aromatic heterocycles. The number of oxazole rings is 2. The van der Waals surface area contributed by atoms with Gasteiger partial charge in [0, 0.05) is 30.6 Å². The number of nitro groups is 1. The molecule has 5 rings (SSSR count). The van der Waals surface area contributed by atoms with E-state index in [0.29, 0.717) is 34.6 Å². The molecule has 4 aromatic rings. The van der Waals surface area contributed by atoms with Crippen molar-refractivity contribution in [2.75, 3.05) is 5.32 Å². The van der Waals surface area contributed by atoms with Crippen molar-refractivity contribution in [3.05, 3.63) is 63.0 Å². The molecule has 158 valence electrons. The number of rotatable bonds is 7. The Bertz CT molecular complexity index is 1380. The van der Waals surface area contributed by atoms with Crippen LogP contribution >= 0.6 is 0 Å². The van der Waals surface area contributed by atoms with Crippen molar-refractivity contribution in [3.63, 3.8) is 0 Å². The molecule has 1 fully saturated rings. The Labute approximate surface area is 174 Å². The monoisotopic (exact) mass is 422 g/mol. The summed E-state index contributed by atoms with van der Waals surface area (Å²) in [6.45, 7) is 0.254. The third kappa shape index (κ3) is 3.79. The molecule has 0 radical (unpaired) electrons. The van der Waals surface area contributed by atoms with Gasteiger partial charge in [-0.3, -0.25) is 19.5 Å². The first kappa shape index (κ1) is 19.0. The summed E-state index contributed by atoms with van der Waals surface area (Å²) in [4.78, 5) is 39.2. The molecule has 0 saturated heterocycles. The van der Waals surface area contributed by atoms with Crippen LogP contribution in [0.4, 0.5) is 11.4 Å². The van der Waals surface area contributed by atoms with E-state index < -0.39 is 10.7 Å². The van der Waals surface area contributed by atoms with Crippen LogP contribution in [0, 0.1) is 10.1 Å². The summed E-state index contributed by atoms with van der Waals surface area (Å²) in [5, 5.41) is 13.7. The number of aromatic nitrogens is 2. The van der Waals surface area contributed by atoms with Gasteiger partial charge in [-0.15, -0.1) is 0 Å². The number of amides is 1. The van der Waals surface area contributed by atoms with Crippen molar-refractivity contribution >= 4 is 39.5 Å². The van der Waals surface area contributed by atoms with Gasteiger partial charge in [-0.2, -0.15) is 0 Å². The number of nitrogens with one attached hydrogen (secondary N) is 1. The van der Waals surface area contributed by atoms with Gasteiger partial charge in [-0.05, 0) is 43.5 Å². The average molecular weight is 422 g/mol. The van der Waals surface area contributed by atoms with E-state index in [-0.39, 0.29) is 30.1 Å². The molecule has 0 unspecified atom stereocenters. The van der Waals surface area contributed by atoms with E-state index in [0.717, 1.165) is 18.7 Å². The minimum absolute atomic E-state index is 0.148. The fourth-order valence-electron chi connectivity index (χ4n) is 3.53. The van der Waals surface area contributed by atoms with Gasteiger partial charge >= 0.3 is 5.76 Å². The molecule has 0 aliphatic heterocycles. The Morgan fingerprint density at radius 2 is 2.03 bits per heavy atom. The fourth-order valence-corrected chi connectivity index (χ4v) is 3.53. The lowest BCUT2D eigenvalue weighted by Gasteiger charge is -2.05. The predicted octanol–water partition coefficient (Wildman–Crippen LogP) is 3.94. The van der Waals surface area contributed by atoms with Crippen molar-refractivity contribution in [3.8, 4) is 0 Å². The zero-order valence-electron chi connectivity index (χ0n) is 16.4. The van der Waals surface area contributed by atoms with Crippen LogP contribution in [-0.4, -0.2) is 20.4 Å². The van der Waals surface area contributed by atoms with Crippen LogP contribution in [-0.2, 0) is 11.3 Å². The van der Waals surface area contributed by atoms with E-state index >= 15 is 0 Å². The van der Waals surface area contributed by atoms with Crippen LogP contribution in [0.2, 0.25) is 0 Å². The summed E-state index contributed by atoms with van der Waals surface area (Å²) in [5.74, 6) is 0.362. The highest BCUT2D eigenvalue weighted by Crippen LogP contribution is 2.40. The van der Waals surface area contributed by atoms with Gasteiger partial charge in [-0.1, -0.05) is 0 Å². The number of carbonyl (C=O) groups is 1. The summed E-state index contributed by atoms with van der Waals surface area (Å²) in [6.07, 6.45) is 2.79. The quantitative estimate of drug-likeness (QED) is 0.352. The lowest BCUT2D eigenvalue weighted by molar-refractivity contribution is -0.384.